The predicted octanol–water partition coefficient (Wildman–Crippen LogP) is 21.5. The highest BCUT2D eigenvalue weighted by Crippen LogP contribution is 2.51. The van der Waals surface area contributed by atoms with E-state index in [1.165, 1.54) is 121 Å². The quantitative estimate of drug-likeness (QED) is 0.138. The molecule has 0 bridgehead atoms. The van der Waals surface area contributed by atoms with E-state index >= 15 is 0 Å². The second kappa shape index (κ2) is 18.4. The van der Waals surface area contributed by atoms with Crippen LogP contribution in [0.1, 0.15) is 0 Å². The summed E-state index contributed by atoms with van der Waals surface area (Å²) in [5, 5.41) is 11.8. The van der Waals surface area contributed by atoms with Gasteiger partial charge in [0.1, 0.15) is 11.2 Å². The van der Waals surface area contributed by atoms with Crippen LogP contribution in [0.15, 0.2) is 296 Å². The molecule has 0 fully saturated rings. The zero-order valence-corrected chi connectivity index (χ0v) is 42.1. The third-order valence-corrected chi connectivity index (χ3v) is 15.8. The Morgan fingerprint density at radius 2 is 0.455 bits per heavy atom. The van der Waals surface area contributed by atoms with Gasteiger partial charge in [-0.25, -0.2) is 0 Å². The predicted molar refractivity (Wildman–Crippen MR) is 327 cm³/mol. The zero-order chi connectivity index (χ0) is 50.8. The van der Waals surface area contributed by atoms with Crippen LogP contribution in [-0.2, 0) is 0 Å². The lowest BCUT2D eigenvalue weighted by Crippen LogP contribution is -1.93. The van der Waals surface area contributed by atoms with Gasteiger partial charge in [0, 0.05) is 21.9 Å². The molecular weight excluding hydrogens is 929 g/mol. The molecule has 0 atom stereocenters. The fourth-order valence-electron chi connectivity index (χ4n) is 12.4. The van der Waals surface area contributed by atoms with E-state index in [0.29, 0.717) is 0 Å². The lowest BCUT2D eigenvalue weighted by Gasteiger charge is -2.19. The van der Waals surface area contributed by atoms with E-state index in [9.17, 15) is 0 Å². The van der Waals surface area contributed by atoms with E-state index in [1.54, 1.807) is 0 Å². The van der Waals surface area contributed by atoms with Gasteiger partial charge in [-0.05, 0) is 163 Å². The lowest BCUT2D eigenvalue weighted by molar-refractivity contribution is 0.670. The number of fused-ring (bicyclic) bond motifs is 7. The molecule has 14 aromatic carbocycles. The van der Waals surface area contributed by atoms with Crippen molar-refractivity contribution >= 4 is 65.0 Å². The summed E-state index contributed by atoms with van der Waals surface area (Å²) in [6.07, 6.45) is 0. The van der Waals surface area contributed by atoms with Crippen molar-refractivity contribution < 1.29 is 4.42 Å². The van der Waals surface area contributed by atoms with Crippen LogP contribution >= 0.6 is 0 Å². The van der Waals surface area contributed by atoms with Gasteiger partial charge >= 0.3 is 0 Å². The van der Waals surface area contributed by atoms with Crippen molar-refractivity contribution in [1.29, 1.82) is 0 Å². The maximum atomic E-state index is 7.27. The van der Waals surface area contributed by atoms with Gasteiger partial charge in [0.2, 0.25) is 0 Å². The standard InChI is InChI=1S/C76H48O/c1-5-23-49(24-6-1)53-43-54(50-25-7-2-8-26-50)46-57(45-53)71-59-31-13-17-35-63(59)73(64-36-18-14-32-60(64)71)67-39-22-42-70-75(67)69-41-21-40-68(76(69)77-70)74-65-37-19-15-33-61(65)72(62-34-16-20-38-66(62)74)58-47-55(51-27-9-3-10-28-51)44-56(48-58)52-29-11-4-12-30-52/h1-48H. The first kappa shape index (κ1) is 44.4. The summed E-state index contributed by atoms with van der Waals surface area (Å²) < 4.78 is 7.27. The first-order chi connectivity index (χ1) is 38.2. The van der Waals surface area contributed by atoms with Crippen molar-refractivity contribution in [2.75, 3.05) is 0 Å². The number of furan rings is 1. The number of rotatable bonds is 8. The minimum absolute atomic E-state index is 0.863. The summed E-state index contributed by atoms with van der Waals surface area (Å²) in [5.41, 5.74) is 20.7. The molecule has 1 heterocycles. The topological polar surface area (TPSA) is 13.1 Å². The summed E-state index contributed by atoms with van der Waals surface area (Å²) in [6.45, 7) is 0. The van der Waals surface area contributed by atoms with Crippen molar-refractivity contribution in [3.63, 3.8) is 0 Å². The molecule has 1 heteroatoms. The Balaban J connectivity index is 0.959. The Kier molecular flexibility index (Phi) is 10.6. The van der Waals surface area contributed by atoms with Crippen LogP contribution in [-0.4, -0.2) is 0 Å². The number of hydrogen-bond donors (Lipinski definition) is 0. The third-order valence-electron chi connectivity index (χ3n) is 15.8. The van der Waals surface area contributed by atoms with Crippen LogP contribution in [0.25, 0.3) is 154 Å². The Bertz CT molecular complexity index is 4530. The van der Waals surface area contributed by atoms with E-state index in [0.717, 1.165) is 33.1 Å². The summed E-state index contributed by atoms with van der Waals surface area (Å²) >= 11 is 0. The number of para-hydroxylation sites is 1. The molecule has 0 aliphatic carbocycles. The van der Waals surface area contributed by atoms with Gasteiger partial charge in [0.25, 0.3) is 0 Å². The van der Waals surface area contributed by atoms with E-state index < -0.39 is 0 Å². The van der Waals surface area contributed by atoms with E-state index in [2.05, 4.69) is 291 Å². The average molecular weight is 977 g/mol. The van der Waals surface area contributed by atoms with E-state index in [-0.39, 0.29) is 0 Å². The van der Waals surface area contributed by atoms with Crippen molar-refractivity contribution in [1.82, 2.24) is 0 Å². The Hall–Kier alpha value is -10.1. The van der Waals surface area contributed by atoms with Crippen LogP contribution in [0.3, 0.4) is 0 Å². The van der Waals surface area contributed by atoms with Crippen molar-refractivity contribution in [2.24, 2.45) is 0 Å². The van der Waals surface area contributed by atoms with Crippen LogP contribution in [0.4, 0.5) is 0 Å². The third kappa shape index (κ3) is 7.47. The smallest absolute Gasteiger partial charge is 0.143 e. The van der Waals surface area contributed by atoms with E-state index in [4.69, 9.17) is 4.42 Å². The van der Waals surface area contributed by atoms with Crippen LogP contribution < -0.4 is 0 Å². The van der Waals surface area contributed by atoms with Gasteiger partial charge in [-0.2, -0.15) is 0 Å². The highest BCUT2D eigenvalue weighted by Gasteiger charge is 2.25. The molecule has 358 valence electrons. The molecule has 1 aromatic heterocycles. The molecule has 15 aromatic rings. The summed E-state index contributed by atoms with van der Waals surface area (Å²) in [7, 11) is 0. The Morgan fingerprint density at radius 1 is 0.182 bits per heavy atom. The van der Waals surface area contributed by atoms with Crippen molar-refractivity contribution in [3.05, 3.63) is 291 Å². The molecule has 0 unspecified atom stereocenters. The molecular formula is C76H48O. The van der Waals surface area contributed by atoms with Crippen LogP contribution in [0.2, 0.25) is 0 Å². The van der Waals surface area contributed by atoms with E-state index in [1.807, 2.05) is 0 Å². The fourth-order valence-corrected chi connectivity index (χ4v) is 12.4. The minimum Gasteiger partial charge on any atom is -0.455 e. The molecule has 0 spiro atoms. The fraction of sp³-hybridized carbons (Fsp3) is 0. The van der Waals surface area contributed by atoms with Gasteiger partial charge in [-0.3, -0.25) is 0 Å². The first-order valence-electron chi connectivity index (χ1n) is 26.6. The van der Waals surface area contributed by atoms with Gasteiger partial charge in [0.15, 0.2) is 0 Å². The van der Waals surface area contributed by atoms with Crippen molar-refractivity contribution in [2.45, 2.75) is 0 Å². The van der Waals surface area contributed by atoms with Crippen LogP contribution in [0.5, 0.6) is 0 Å². The van der Waals surface area contributed by atoms with Gasteiger partial charge < -0.3 is 4.42 Å². The maximum Gasteiger partial charge on any atom is 0.143 e. The second-order valence-electron chi connectivity index (χ2n) is 20.2. The molecule has 15 rings (SSSR count). The molecule has 0 aliphatic rings. The molecule has 0 aliphatic heterocycles. The largest absolute Gasteiger partial charge is 0.455 e. The Morgan fingerprint density at radius 3 is 0.818 bits per heavy atom. The summed E-state index contributed by atoms with van der Waals surface area (Å²) in [6, 6.07) is 106. The lowest BCUT2D eigenvalue weighted by atomic mass is 9.83. The maximum absolute atomic E-state index is 7.27. The molecule has 1 nitrogen and oxygen atoms in total. The molecule has 0 amide bonds. The SMILES string of the molecule is c1ccc(-c2cc(-c3ccccc3)cc(-c3c4ccccc4c(-c4cccc5c4oc4cccc(-c6c7ccccc7c(-c7cc(-c8ccccc8)cc(-c8ccccc8)c7)c7ccccc67)c45)c4ccccc34)c2)cc1. The summed E-state index contributed by atoms with van der Waals surface area (Å²) in [4.78, 5) is 0. The highest BCUT2D eigenvalue weighted by molar-refractivity contribution is 6.28. The van der Waals surface area contributed by atoms with Gasteiger partial charge in [-0.15, -0.1) is 0 Å². The normalized spacial score (nSPS) is 11.6. The minimum atomic E-state index is 0.863. The average Bonchev–Trinajstić information content (AvgIpc) is 3.97. The molecule has 77 heavy (non-hydrogen) atoms. The number of hydrogen-bond acceptors (Lipinski definition) is 1. The molecule has 0 saturated heterocycles. The highest BCUT2D eigenvalue weighted by atomic mass is 16.3. The van der Waals surface area contributed by atoms with Gasteiger partial charge in [-0.1, -0.05) is 249 Å². The van der Waals surface area contributed by atoms with Crippen molar-refractivity contribution in [3.8, 4) is 89.0 Å². The molecule has 0 N–H and O–H groups in total. The monoisotopic (exact) mass is 976 g/mol. The Labute approximate surface area is 447 Å². The zero-order valence-electron chi connectivity index (χ0n) is 42.1. The first-order valence-corrected chi connectivity index (χ1v) is 26.6. The number of benzene rings is 14. The molecule has 0 radical (unpaired) electrons. The summed E-state index contributed by atoms with van der Waals surface area (Å²) in [5.74, 6) is 0. The van der Waals surface area contributed by atoms with Crippen LogP contribution in [0, 0.1) is 0 Å². The second-order valence-corrected chi connectivity index (χ2v) is 20.2. The van der Waals surface area contributed by atoms with Gasteiger partial charge in [0.05, 0.1) is 0 Å². The molecule has 0 saturated carbocycles.